The van der Waals surface area contributed by atoms with E-state index in [1.165, 1.54) is 21.1 Å². The van der Waals surface area contributed by atoms with Crippen molar-refractivity contribution in [2.45, 2.75) is 57.5 Å². The van der Waals surface area contributed by atoms with Crippen molar-refractivity contribution in [3.8, 4) is 0 Å². The molecule has 2 fully saturated rings. The fraction of sp³-hybridized carbons (Fsp3) is 0.526. The summed E-state index contributed by atoms with van der Waals surface area (Å²) in [5.41, 5.74) is 2.58. The van der Waals surface area contributed by atoms with Gasteiger partial charge in [-0.25, -0.2) is 0 Å². The zero-order valence-corrected chi connectivity index (χ0v) is 15.5. The van der Waals surface area contributed by atoms with Crippen molar-refractivity contribution in [2.75, 3.05) is 0 Å². The second-order valence-corrected chi connectivity index (χ2v) is 8.33. The molecule has 2 aliphatic heterocycles. The molecule has 22 heavy (non-hydrogen) atoms. The average Bonchev–Trinajstić information content (AvgIpc) is 2.88. The number of hydrogen-bond donors (Lipinski definition) is 1. The van der Waals surface area contributed by atoms with E-state index in [-0.39, 0.29) is 5.92 Å². The molecule has 0 aliphatic carbocycles. The van der Waals surface area contributed by atoms with Crippen LogP contribution in [0.4, 0.5) is 0 Å². The SMILES string of the molecule is CCC(=O)C1C2CCC(CC1c1ccc(/C=C(/C)I)cc1)N2. The van der Waals surface area contributed by atoms with Gasteiger partial charge in [0.05, 0.1) is 0 Å². The lowest BCUT2D eigenvalue weighted by Gasteiger charge is -2.37. The lowest BCUT2D eigenvalue weighted by Crippen LogP contribution is -2.47. The minimum absolute atomic E-state index is 0.163. The first-order chi connectivity index (χ1) is 10.6. The minimum atomic E-state index is 0.163. The predicted molar refractivity (Wildman–Crippen MR) is 100 cm³/mol. The molecular weight excluding hydrogens is 385 g/mol. The summed E-state index contributed by atoms with van der Waals surface area (Å²) in [5.74, 6) is 0.983. The zero-order valence-electron chi connectivity index (χ0n) is 13.3. The predicted octanol–water partition coefficient (Wildman–Crippen LogP) is 4.69. The Balaban J connectivity index is 1.87. The number of ketones is 1. The van der Waals surface area contributed by atoms with Crippen LogP contribution in [0, 0.1) is 5.92 Å². The fourth-order valence-electron chi connectivity index (χ4n) is 4.15. The molecule has 0 amide bonds. The Hall–Kier alpha value is -0.680. The number of rotatable bonds is 4. The molecule has 0 aromatic heterocycles. The van der Waals surface area contributed by atoms with Gasteiger partial charge >= 0.3 is 0 Å². The van der Waals surface area contributed by atoms with Crippen molar-refractivity contribution in [3.05, 3.63) is 39.0 Å². The van der Waals surface area contributed by atoms with Crippen LogP contribution in [0.5, 0.6) is 0 Å². The molecule has 2 heterocycles. The van der Waals surface area contributed by atoms with Crippen molar-refractivity contribution in [1.82, 2.24) is 5.32 Å². The van der Waals surface area contributed by atoms with Gasteiger partial charge in [-0.05, 0) is 75.5 Å². The highest BCUT2D eigenvalue weighted by molar-refractivity contribution is 14.1. The third-order valence-electron chi connectivity index (χ3n) is 5.13. The lowest BCUT2D eigenvalue weighted by atomic mass is 9.74. The van der Waals surface area contributed by atoms with Gasteiger partial charge in [0.2, 0.25) is 0 Å². The maximum absolute atomic E-state index is 12.5. The van der Waals surface area contributed by atoms with Crippen molar-refractivity contribution in [2.24, 2.45) is 5.92 Å². The van der Waals surface area contributed by atoms with Crippen LogP contribution >= 0.6 is 22.6 Å². The van der Waals surface area contributed by atoms with Gasteiger partial charge in [0, 0.05) is 24.4 Å². The summed E-state index contributed by atoms with van der Waals surface area (Å²) in [6.45, 7) is 4.10. The molecule has 1 N–H and O–H groups in total. The van der Waals surface area contributed by atoms with Crippen LogP contribution in [-0.2, 0) is 4.79 Å². The Morgan fingerprint density at radius 1 is 1.32 bits per heavy atom. The molecule has 0 saturated carbocycles. The number of Topliss-reactive ketones (excluding diaryl/α,β-unsaturated/α-hetero) is 1. The van der Waals surface area contributed by atoms with Crippen LogP contribution in [0.1, 0.15) is 56.6 Å². The monoisotopic (exact) mass is 409 g/mol. The van der Waals surface area contributed by atoms with Crippen molar-refractivity contribution >= 4 is 34.5 Å². The minimum Gasteiger partial charge on any atom is -0.310 e. The van der Waals surface area contributed by atoms with E-state index >= 15 is 0 Å². The van der Waals surface area contributed by atoms with Gasteiger partial charge < -0.3 is 5.32 Å². The second kappa shape index (κ2) is 6.83. The molecule has 0 radical (unpaired) electrons. The molecule has 118 valence electrons. The summed E-state index contributed by atoms with van der Waals surface area (Å²) in [6, 6.07) is 9.84. The normalized spacial score (nSPS) is 31.3. The Kier molecular flexibility index (Phi) is 5.03. The molecule has 2 saturated heterocycles. The Morgan fingerprint density at radius 2 is 2.05 bits per heavy atom. The van der Waals surface area contributed by atoms with Crippen molar-refractivity contribution in [1.29, 1.82) is 0 Å². The molecule has 1 aromatic carbocycles. The van der Waals surface area contributed by atoms with Crippen LogP contribution in [0.15, 0.2) is 27.8 Å². The standard InChI is InChI=1S/C19H24INO/c1-3-18(22)19-16(11-15-8-9-17(19)21-15)14-6-4-13(5-7-14)10-12(2)20/h4-7,10,15-17,19,21H,3,8-9,11H2,1-2H3/b12-10-. The summed E-state index contributed by atoms with van der Waals surface area (Å²) < 4.78 is 1.28. The molecule has 2 nitrogen and oxygen atoms in total. The Bertz CT molecular complexity index is 574. The molecule has 2 bridgehead atoms. The maximum atomic E-state index is 12.5. The number of allylic oxidation sites excluding steroid dienone is 1. The van der Waals surface area contributed by atoms with E-state index in [0.717, 1.165) is 12.8 Å². The highest BCUT2D eigenvalue weighted by Crippen LogP contribution is 2.42. The zero-order chi connectivity index (χ0) is 15.7. The molecule has 1 aromatic rings. The molecule has 4 atom stereocenters. The molecule has 3 rings (SSSR count). The van der Waals surface area contributed by atoms with Crippen LogP contribution in [0.3, 0.4) is 0 Å². The highest BCUT2D eigenvalue weighted by atomic mass is 127. The summed E-state index contributed by atoms with van der Waals surface area (Å²) >= 11 is 2.34. The van der Waals surface area contributed by atoms with Gasteiger partial charge in [0.15, 0.2) is 0 Å². The van der Waals surface area contributed by atoms with E-state index in [1.807, 2.05) is 6.92 Å². The van der Waals surface area contributed by atoms with E-state index in [2.05, 4.69) is 65.2 Å². The van der Waals surface area contributed by atoms with E-state index < -0.39 is 0 Å². The van der Waals surface area contributed by atoms with Crippen LogP contribution in [-0.4, -0.2) is 17.9 Å². The first-order valence-corrected chi connectivity index (χ1v) is 9.39. The number of halogens is 1. The number of nitrogens with one attached hydrogen (secondary N) is 1. The molecule has 0 spiro atoms. The summed E-state index contributed by atoms with van der Waals surface area (Å²) in [5, 5.41) is 3.66. The second-order valence-electron chi connectivity index (χ2n) is 6.63. The van der Waals surface area contributed by atoms with Gasteiger partial charge in [-0.3, -0.25) is 4.79 Å². The van der Waals surface area contributed by atoms with Crippen molar-refractivity contribution < 1.29 is 4.79 Å². The third-order valence-corrected chi connectivity index (χ3v) is 5.44. The number of hydrogen-bond acceptors (Lipinski definition) is 2. The van der Waals surface area contributed by atoms with Crippen molar-refractivity contribution in [3.63, 3.8) is 0 Å². The quantitative estimate of drug-likeness (QED) is 0.732. The van der Waals surface area contributed by atoms with Gasteiger partial charge in [0.1, 0.15) is 5.78 Å². The average molecular weight is 409 g/mol. The summed E-state index contributed by atoms with van der Waals surface area (Å²) in [4.78, 5) is 12.5. The van der Waals surface area contributed by atoms with E-state index in [9.17, 15) is 4.79 Å². The van der Waals surface area contributed by atoms with Crippen LogP contribution in [0.2, 0.25) is 0 Å². The first-order valence-electron chi connectivity index (χ1n) is 8.31. The Morgan fingerprint density at radius 3 is 2.68 bits per heavy atom. The lowest BCUT2D eigenvalue weighted by molar-refractivity contribution is -0.124. The number of carbonyl (C=O) groups excluding carboxylic acids is 1. The molecule has 2 aliphatic rings. The van der Waals surface area contributed by atoms with Crippen LogP contribution < -0.4 is 5.32 Å². The fourth-order valence-corrected chi connectivity index (χ4v) is 4.51. The number of fused-ring (bicyclic) bond motifs is 2. The van der Waals surface area contributed by atoms with Gasteiger partial charge in [-0.2, -0.15) is 0 Å². The number of benzene rings is 1. The summed E-state index contributed by atoms with van der Waals surface area (Å²) in [7, 11) is 0. The largest absolute Gasteiger partial charge is 0.310 e. The van der Waals surface area contributed by atoms with Gasteiger partial charge in [0.25, 0.3) is 0 Å². The van der Waals surface area contributed by atoms with Gasteiger partial charge in [-0.1, -0.05) is 31.2 Å². The number of piperidine rings is 1. The maximum Gasteiger partial charge on any atom is 0.137 e. The third kappa shape index (κ3) is 3.30. The van der Waals surface area contributed by atoms with Crippen LogP contribution in [0.25, 0.3) is 6.08 Å². The highest BCUT2D eigenvalue weighted by Gasteiger charge is 2.44. The molecule has 3 heteroatoms. The molecular formula is C19H24INO. The van der Waals surface area contributed by atoms with E-state index in [1.54, 1.807) is 0 Å². The smallest absolute Gasteiger partial charge is 0.137 e. The van der Waals surface area contributed by atoms with Gasteiger partial charge in [-0.15, -0.1) is 0 Å². The summed E-state index contributed by atoms with van der Waals surface area (Å²) in [6.07, 6.45) is 6.33. The van der Waals surface area contributed by atoms with E-state index in [0.29, 0.717) is 30.2 Å². The number of carbonyl (C=O) groups is 1. The molecule has 4 unspecified atom stereocenters. The van der Waals surface area contributed by atoms with E-state index in [4.69, 9.17) is 0 Å². The topological polar surface area (TPSA) is 29.1 Å². The first kappa shape index (κ1) is 16.2. The Labute approximate surface area is 146 Å².